The number of carbonyl (C=O) groups is 2. The Morgan fingerprint density at radius 2 is 1.33 bits per heavy atom. The van der Waals surface area contributed by atoms with E-state index in [1.165, 1.54) is 13.8 Å². The first-order valence-electron chi connectivity index (χ1n) is 3.93. The normalized spacial score (nSPS) is 9.73. The van der Waals surface area contributed by atoms with Crippen LogP contribution in [-0.2, 0) is 31.3 Å². The number of ketones is 2. The summed E-state index contributed by atoms with van der Waals surface area (Å²) < 4.78 is 0. The van der Waals surface area contributed by atoms with Crippen LogP contribution in [0.3, 0.4) is 0 Å². The molecule has 0 bridgehead atoms. The molecule has 2 nitrogen and oxygen atoms in total. The number of halogens is 2. The Morgan fingerprint density at radius 3 is 1.40 bits per heavy atom. The molecule has 1 aliphatic carbocycles. The maximum Gasteiger partial charge on any atom is 2.00 e. The van der Waals surface area contributed by atoms with Crippen molar-refractivity contribution in [1.29, 1.82) is 0 Å². The first-order valence-corrected chi connectivity index (χ1v) is 3.93. The molecule has 0 atom stereocenters. The van der Waals surface area contributed by atoms with Gasteiger partial charge in [0, 0.05) is 0 Å². The minimum absolute atomic E-state index is 0. The molecule has 0 spiro atoms. The zero-order valence-corrected chi connectivity index (χ0v) is 11.9. The Labute approximate surface area is 118 Å². The predicted molar refractivity (Wildman–Crippen MR) is 48.9 cm³/mol. The van der Waals surface area contributed by atoms with Gasteiger partial charge in [0.05, 0.1) is 6.42 Å². The van der Waals surface area contributed by atoms with Crippen LogP contribution in [0.2, 0.25) is 0 Å². The molecule has 0 saturated heterocycles. The van der Waals surface area contributed by atoms with Gasteiger partial charge in [-0.1, -0.05) is 24.3 Å². The van der Waals surface area contributed by atoms with Crippen molar-refractivity contribution in [2.45, 2.75) is 26.7 Å². The number of allylic oxidation sites excluding steroid dienone is 4. The second-order valence-corrected chi connectivity index (χ2v) is 2.67. The number of Topliss-reactive ketones (excluding diaryl/α,β-unsaturated/α-hetero) is 2. The van der Waals surface area contributed by atoms with Gasteiger partial charge in [0.15, 0.2) is 0 Å². The molecule has 0 saturated carbocycles. The van der Waals surface area contributed by atoms with E-state index in [0.717, 1.165) is 6.42 Å². The SMILES string of the molecule is C1=CCC=C1.CC(=O)CC(C)=O.[Cl-].[Cl-].[Ti+2]. The third-order valence-corrected chi connectivity index (χ3v) is 1.15. The Hall–Kier alpha value is 0.114. The Balaban J connectivity index is -0.0000000687. The van der Waals surface area contributed by atoms with E-state index in [-0.39, 0.29) is 64.5 Å². The predicted octanol–water partition coefficient (Wildman–Crippen LogP) is -3.94. The summed E-state index contributed by atoms with van der Waals surface area (Å²) in [5.74, 6) is -0.125. The quantitative estimate of drug-likeness (QED) is 0.383. The second kappa shape index (κ2) is 16.5. The maximum atomic E-state index is 10.0. The van der Waals surface area contributed by atoms with Crippen LogP contribution < -0.4 is 24.8 Å². The fourth-order valence-corrected chi connectivity index (χ4v) is 0.743. The summed E-state index contributed by atoms with van der Waals surface area (Å²) in [5.41, 5.74) is 0. The van der Waals surface area contributed by atoms with Crippen LogP contribution in [0.15, 0.2) is 24.3 Å². The zero-order valence-electron chi connectivity index (χ0n) is 8.80. The van der Waals surface area contributed by atoms with E-state index in [1.807, 2.05) is 0 Å². The van der Waals surface area contributed by atoms with Crippen molar-refractivity contribution in [3.63, 3.8) is 0 Å². The summed E-state index contributed by atoms with van der Waals surface area (Å²) in [6.07, 6.45) is 9.58. The van der Waals surface area contributed by atoms with E-state index < -0.39 is 0 Å². The Morgan fingerprint density at radius 1 is 1.00 bits per heavy atom. The van der Waals surface area contributed by atoms with E-state index in [9.17, 15) is 9.59 Å². The molecule has 5 heteroatoms. The molecule has 0 N–H and O–H groups in total. The molecule has 1 aliphatic rings. The van der Waals surface area contributed by atoms with Crippen LogP contribution in [0.4, 0.5) is 0 Å². The molecule has 0 radical (unpaired) electrons. The molecule has 0 fully saturated rings. The van der Waals surface area contributed by atoms with Crippen LogP contribution in [0.25, 0.3) is 0 Å². The van der Waals surface area contributed by atoms with Crippen LogP contribution >= 0.6 is 0 Å². The largest absolute Gasteiger partial charge is 2.00 e. The van der Waals surface area contributed by atoms with Gasteiger partial charge in [0.25, 0.3) is 0 Å². The third kappa shape index (κ3) is 24.9. The molecular weight excluding hydrogens is 271 g/mol. The number of hydrogen-bond donors (Lipinski definition) is 0. The topological polar surface area (TPSA) is 34.1 Å². The van der Waals surface area contributed by atoms with Crippen LogP contribution in [0, 0.1) is 0 Å². The third-order valence-electron chi connectivity index (χ3n) is 1.15. The average Bonchev–Trinajstić information content (AvgIpc) is 2.36. The molecule has 0 aliphatic heterocycles. The van der Waals surface area contributed by atoms with Gasteiger partial charge in [-0.2, -0.15) is 0 Å². The molecular formula is C10H14Cl2O2Ti. The van der Waals surface area contributed by atoms with Crippen LogP contribution in [0.5, 0.6) is 0 Å². The maximum absolute atomic E-state index is 10.0. The van der Waals surface area contributed by atoms with E-state index in [4.69, 9.17) is 0 Å². The molecule has 0 aromatic carbocycles. The molecule has 15 heavy (non-hydrogen) atoms. The van der Waals surface area contributed by atoms with Crippen molar-refractivity contribution in [2.24, 2.45) is 0 Å². The van der Waals surface area contributed by atoms with E-state index in [2.05, 4.69) is 24.3 Å². The van der Waals surface area contributed by atoms with Crippen molar-refractivity contribution in [2.75, 3.05) is 0 Å². The monoisotopic (exact) mass is 284 g/mol. The molecule has 0 aromatic rings. The summed E-state index contributed by atoms with van der Waals surface area (Å²) in [4.78, 5) is 20.1. The average molecular weight is 285 g/mol. The van der Waals surface area contributed by atoms with E-state index in [1.54, 1.807) is 0 Å². The fourth-order valence-electron chi connectivity index (χ4n) is 0.743. The van der Waals surface area contributed by atoms with Gasteiger partial charge in [-0.15, -0.1) is 0 Å². The summed E-state index contributed by atoms with van der Waals surface area (Å²) in [6, 6.07) is 0. The van der Waals surface area contributed by atoms with Crippen molar-refractivity contribution < 1.29 is 56.1 Å². The fraction of sp³-hybridized carbons (Fsp3) is 0.400. The summed E-state index contributed by atoms with van der Waals surface area (Å²) in [6.45, 7) is 2.81. The van der Waals surface area contributed by atoms with Gasteiger partial charge >= 0.3 is 21.7 Å². The van der Waals surface area contributed by atoms with Crippen molar-refractivity contribution >= 4 is 11.6 Å². The Kier molecular flexibility index (Phi) is 26.9. The summed E-state index contributed by atoms with van der Waals surface area (Å²) >= 11 is 0. The van der Waals surface area contributed by atoms with E-state index in [0.29, 0.717) is 0 Å². The standard InChI is InChI=1S/C5H8O2.C5H6.2ClH.Ti/c1-4(6)3-5(2)7;1-2-4-5-3-1;;;/h3H2,1-2H3;1-4H,5H2;2*1H;/q;;;;+2/p-2. The molecule has 1 rings (SSSR count). The first kappa shape index (κ1) is 24.4. The van der Waals surface area contributed by atoms with Gasteiger partial charge in [-0.3, -0.25) is 9.59 Å². The van der Waals surface area contributed by atoms with Crippen molar-refractivity contribution in [3.05, 3.63) is 24.3 Å². The van der Waals surface area contributed by atoms with Crippen LogP contribution in [-0.4, -0.2) is 11.6 Å². The smallest absolute Gasteiger partial charge is 1.00 e. The zero-order chi connectivity index (χ0) is 9.40. The number of rotatable bonds is 2. The first-order chi connectivity index (χ1) is 5.63. The van der Waals surface area contributed by atoms with Gasteiger partial charge in [0.1, 0.15) is 11.6 Å². The molecule has 0 unspecified atom stereocenters. The second-order valence-electron chi connectivity index (χ2n) is 2.67. The molecule has 0 amide bonds. The molecule has 0 heterocycles. The summed E-state index contributed by atoms with van der Waals surface area (Å²) in [7, 11) is 0. The van der Waals surface area contributed by atoms with Crippen LogP contribution in [0.1, 0.15) is 26.7 Å². The number of carbonyl (C=O) groups excluding carboxylic acids is 2. The minimum atomic E-state index is -0.0625. The number of hydrogen-bond acceptors (Lipinski definition) is 2. The van der Waals surface area contributed by atoms with Gasteiger partial charge in [-0.25, -0.2) is 0 Å². The molecule has 0 aromatic heterocycles. The van der Waals surface area contributed by atoms with Gasteiger partial charge in [-0.05, 0) is 20.3 Å². The Bertz CT molecular complexity index is 203. The van der Waals surface area contributed by atoms with E-state index >= 15 is 0 Å². The summed E-state index contributed by atoms with van der Waals surface area (Å²) in [5, 5.41) is 0. The molecule has 84 valence electrons. The minimum Gasteiger partial charge on any atom is -1.00 e. The van der Waals surface area contributed by atoms with Crippen molar-refractivity contribution in [3.8, 4) is 0 Å². The van der Waals surface area contributed by atoms with Crippen molar-refractivity contribution in [1.82, 2.24) is 0 Å². The van der Waals surface area contributed by atoms with Gasteiger partial charge in [0.2, 0.25) is 0 Å². The van der Waals surface area contributed by atoms with Gasteiger partial charge < -0.3 is 24.8 Å².